The third-order valence-electron chi connectivity index (χ3n) is 8.04. The molecule has 1 saturated carbocycles. The third-order valence-corrected chi connectivity index (χ3v) is 9.16. The molecule has 1 fully saturated rings. The largest absolute Gasteiger partial charge is 0.353 e. The van der Waals surface area contributed by atoms with Gasteiger partial charge < -0.3 is 16.0 Å². The first-order chi connectivity index (χ1) is 19.7. The van der Waals surface area contributed by atoms with E-state index in [1.165, 1.54) is 11.3 Å². The average molecular weight is 577 g/mol. The van der Waals surface area contributed by atoms with Crippen molar-refractivity contribution in [2.24, 2.45) is 0 Å². The highest BCUT2D eigenvalue weighted by atomic mass is 32.1. The van der Waals surface area contributed by atoms with Crippen molar-refractivity contribution < 1.29 is 14.4 Å². The number of nitrogens with one attached hydrogen (secondary N) is 3. The van der Waals surface area contributed by atoms with E-state index in [2.05, 4.69) is 48.5 Å². The molecule has 0 saturated heterocycles. The second-order valence-electron chi connectivity index (χ2n) is 11.7. The molecule has 3 amide bonds. The van der Waals surface area contributed by atoms with Gasteiger partial charge in [-0.15, -0.1) is 11.3 Å². The molecule has 1 unspecified atom stereocenters. The van der Waals surface area contributed by atoms with Crippen LogP contribution in [0.25, 0.3) is 10.1 Å². The van der Waals surface area contributed by atoms with Crippen LogP contribution in [0.4, 0.5) is 0 Å². The number of thiophene rings is 1. The Morgan fingerprint density at radius 1 is 0.902 bits per heavy atom. The molecule has 1 heterocycles. The molecular weight excluding hydrogens is 532 g/mol. The van der Waals surface area contributed by atoms with E-state index in [0.29, 0.717) is 42.8 Å². The van der Waals surface area contributed by atoms with Crippen molar-refractivity contribution in [2.45, 2.75) is 89.9 Å². The lowest BCUT2D eigenvalue weighted by Gasteiger charge is -2.37. The standard InChI is InChI=1S/C33H44N4O3S/c1-23(2)37(24(3)4)20-19-34-30(38)27(21-25-13-7-5-8-14-25)35-32(40)33(17-11-6-12-18-33)36-31(39)29-22-26-15-9-10-16-28(26)41-29/h5,7-10,13-16,22-24,27H,6,11-12,17-21H2,1-4H3,(H,34,38)(H,35,40)(H,36,39). The monoisotopic (exact) mass is 576 g/mol. The molecule has 4 rings (SSSR count). The SMILES string of the molecule is CC(C)N(CCNC(=O)C(Cc1ccccc1)NC(=O)C1(NC(=O)c2cc3ccccc3s2)CCCCC1)C(C)C. The quantitative estimate of drug-likeness (QED) is 0.273. The number of carbonyl (C=O) groups is 3. The molecular formula is C33H44N4O3S. The minimum absolute atomic E-state index is 0.212. The van der Waals surface area contributed by atoms with Crippen molar-refractivity contribution in [1.29, 1.82) is 0 Å². The first-order valence-corrected chi connectivity index (χ1v) is 15.7. The Morgan fingerprint density at radius 3 is 2.22 bits per heavy atom. The van der Waals surface area contributed by atoms with E-state index in [-0.39, 0.29) is 17.7 Å². The molecule has 0 aliphatic heterocycles. The van der Waals surface area contributed by atoms with Gasteiger partial charge in [0.05, 0.1) is 4.88 Å². The van der Waals surface area contributed by atoms with E-state index in [1.807, 2.05) is 60.7 Å². The molecule has 1 atom stereocenters. The summed E-state index contributed by atoms with van der Waals surface area (Å²) in [6.07, 6.45) is 4.17. The molecule has 1 aliphatic rings. The minimum Gasteiger partial charge on any atom is -0.353 e. The van der Waals surface area contributed by atoms with Gasteiger partial charge in [0.2, 0.25) is 11.8 Å². The van der Waals surface area contributed by atoms with Crippen LogP contribution in [0.3, 0.4) is 0 Å². The summed E-state index contributed by atoms with van der Waals surface area (Å²) in [5, 5.41) is 10.3. The van der Waals surface area contributed by atoms with Crippen molar-refractivity contribution in [3.05, 3.63) is 71.1 Å². The highest BCUT2D eigenvalue weighted by molar-refractivity contribution is 7.20. The predicted molar refractivity (Wildman–Crippen MR) is 167 cm³/mol. The summed E-state index contributed by atoms with van der Waals surface area (Å²) in [4.78, 5) is 43.9. The van der Waals surface area contributed by atoms with Gasteiger partial charge in [-0.3, -0.25) is 19.3 Å². The van der Waals surface area contributed by atoms with Crippen molar-refractivity contribution in [3.8, 4) is 0 Å². The van der Waals surface area contributed by atoms with E-state index in [1.54, 1.807) is 0 Å². The fourth-order valence-electron chi connectivity index (χ4n) is 5.84. The molecule has 1 aromatic heterocycles. The van der Waals surface area contributed by atoms with E-state index >= 15 is 0 Å². The summed E-state index contributed by atoms with van der Waals surface area (Å²) < 4.78 is 1.04. The molecule has 3 N–H and O–H groups in total. The lowest BCUT2D eigenvalue weighted by Crippen LogP contribution is -2.63. The predicted octanol–water partition coefficient (Wildman–Crippen LogP) is 5.30. The van der Waals surface area contributed by atoms with Gasteiger partial charge in [0.1, 0.15) is 11.6 Å². The van der Waals surface area contributed by atoms with Crippen LogP contribution in [0.5, 0.6) is 0 Å². The van der Waals surface area contributed by atoms with E-state index in [4.69, 9.17) is 0 Å². The van der Waals surface area contributed by atoms with E-state index < -0.39 is 11.6 Å². The lowest BCUT2D eigenvalue weighted by molar-refractivity contribution is -0.133. The molecule has 2 aromatic carbocycles. The maximum absolute atomic E-state index is 14.0. The highest BCUT2D eigenvalue weighted by Crippen LogP contribution is 2.31. The van der Waals surface area contributed by atoms with Crippen LogP contribution in [-0.2, 0) is 16.0 Å². The van der Waals surface area contributed by atoms with Crippen LogP contribution < -0.4 is 16.0 Å². The summed E-state index contributed by atoms with van der Waals surface area (Å²) in [6, 6.07) is 19.5. The van der Waals surface area contributed by atoms with Gasteiger partial charge in [-0.25, -0.2) is 0 Å². The zero-order chi connectivity index (χ0) is 29.4. The topological polar surface area (TPSA) is 90.5 Å². The molecule has 1 aliphatic carbocycles. The Balaban J connectivity index is 1.50. The second-order valence-corrected chi connectivity index (χ2v) is 12.8. The van der Waals surface area contributed by atoms with Crippen LogP contribution in [0.2, 0.25) is 0 Å². The normalized spacial score (nSPS) is 15.7. The van der Waals surface area contributed by atoms with Crippen molar-refractivity contribution in [2.75, 3.05) is 13.1 Å². The van der Waals surface area contributed by atoms with Crippen LogP contribution in [0.1, 0.15) is 75.0 Å². The summed E-state index contributed by atoms with van der Waals surface area (Å²) in [5.41, 5.74) is -0.0850. The lowest BCUT2D eigenvalue weighted by atomic mass is 9.80. The van der Waals surface area contributed by atoms with E-state index in [0.717, 1.165) is 41.5 Å². The van der Waals surface area contributed by atoms with Gasteiger partial charge in [-0.1, -0.05) is 67.8 Å². The van der Waals surface area contributed by atoms with Gasteiger partial charge in [0, 0.05) is 36.3 Å². The number of carbonyl (C=O) groups excluding carboxylic acids is 3. The Bertz CT molecular complexity index is 1270. The fraction of sp³-hybridized carbons (Fsp3) is 0.485. The van der Waals surface area contributed by atoms with Crippen LogP contribution >= 0.6 is 11.3 Å². The van der Waals surface area contributed by atoms with Crippen LogP contribution in [0, 0.1) is 0 Å². The van der Waals surface area contributed by atoms with Gasteiger partial charge in [-0.2, -0.15) is 0 Å². The number of benzene rings is 2. The summed E-state index contributed by atoms with van der Waals surface area (Å²) in [7, 11) is 0. The summed E-state index contributed by atoms with van der Waals surface area (Å²) in [5.74, 6) is -0.736. The average Bonchev–Trinajstić information content (AvgIpc) is 3.40. The molecule has 0 bridgehead atoms. The number of fused-ring (bicyclic) bond motifs is 1. The molecule has 8 heteroatoms. The molecule has 3 aromatic rings. The molecule has 41 heavy (non-hydrogen) atoms. The van der Waals surface area contributed by atoms with Crippen molar-refractivity contribution in [1.82, 2.24) is 20.9 Å². The molecule has 0 radical (unpaired) electrons. The number of hydrogen-bond acceptors (Lipinski definition) is 5. The number of hydrogen-bond donors (Lipinski definition) is 3. The number of amides is 3. The zero-order valence-corrected chi connectivity index (χ0v) is 25.6. The van der Waals surface area contributed by atoms with Crippen LogP contribution in [0.15, 0.2) is 60.7 Å². The van der Waals surface area contributed by atoms with Gasteiger partial charge in [0.25, 0.3) is 5.91 Å². The molecule has 220 valence electrons. The van der Waals surface area contributed by atoms with Crippen molar-refractivity contribution >= 4 is 39.1 Å². The Morgan fingerprint density at radius 2 is 1.56 bits per heavy atom. The number of rotatable bonds is 12. The second kappa shape index (κ2) is 14.1. The minimum atomic E-state index is -1.05. The summed E-state index contributed by atoms with van der Waals surface area (Å²) >= 11 is 1.43. The first-order valence-electron chi connectivity index (χ1n) is 14.9. The Kier molecular flexibility index (Phi) is 10.6. The maximum atomic E-state index is 14.0. The smallest absolute Gasteiger partial charge is 0.262 e. The highest BCUT2D eigenvalue weighted by Gasteiger charge is 2.42. The third kappa shape index (κ3) is 7.95. The van der Waals surface area contributed by atoms with Gasteiger partial charge in [-0.05, 0) is 63.6 Å². The first kappa shape index (κ1) is 30.7. The molecule has 0 spiro atoms. The zero-order valence-electron chi connectivity index (χ0n) is 24.7. The van der Waals surface area contributed by atoms with Crippen LogP contribution in [-0.4, -0.2) is 59.4 Å². The fourth-order valence-corrected chi connectivity index (χ4v) is 6.79. The summed E-state index contributed by atoms with van der Waals surface area (Å²) in [6.45, 7) is 9.81. The Hall–Kier alpha value is -3.23. The maximum Gasteiger partial charge on any atom is 0.262 e. The Labute approximate surface area is 248 Å². The van der Waals surface area contributed by atoms with E-state index in [9.17, 15) is 14.4 Å². The molecule has 7 nitrogen and oxygen atoms in total. The van der Waals surface area contributed by atoms with Crippen molar-refractivity contribution in [3.63, 3.8) is 0 Å². The van der Waals surface area contributed by atoms with Gasteiger partial charge >= 0.3 is 0 Å². The number of nitrogens with zero attached hydrogens (tertiary/aromatic N) is 1. The van der Waals surface area contributed by atoms with Gasteiger partial charge in [0.15, 0.2) is 0 Å².